The molecule has 0 saturated carbocycles. The molecule has 0 aromatic heterocycles. The molecule has 10 atom stereocenters. The van der Waals surface area contributed by atoms with Gasteiger partial charge in [0.2, 0.25) is 0 Å². The van der Waals surface area contributed by atoms with Gasteiger partial charge in [-0.1, -0.05) is 0 Å². The zero-order chi connectivity index (χ0) is 31.7. The van der Waals surface area contributed by atoms with Crippen molar-refractivity contribution in [3.63, 3.8) is 0 Å². The Morgan fingerprint density at radius 3 is 1.24 bits per heavy atom. The standard InChI is InChI=1S/C25H36O17/c1-10(27)35-18-16(8-26)41-25(23(40-15(6)32)20(18)37-12(3)29)34-9-17-19(36-11(2)28)21(38-13(4)30)22(39-14(5)31)24(33-7)42-17/h16-26H,8-9H2,1-7H3/t16-,17-,18-,19-,20+,21+,22-,23-,24-,25-/m1/s1. The second kappa shape index (κ2) is 15.7. The highest BCUT2D eigenvalue weighted by molar-refractivity contribution is 5.69. The Labute approximate surface area is 240 Å². The highest BCUT2D eigenvalue weighted by Crippen LogP contribution is 2.32. The third-order valence-electron chi connectivity index (χ3n) is 5.83. The highest BCUT2D eigenvalue weighted by Gasteiger charge is 2.55. The number of methoxy groups -OCH3 is 1. The minimum Gasteiger partial charge on any atom is -0.456 e. The molecule has 238 valence electrons. The zero-order valence-electron chi connectivity index (χ0n) is 24.2. The predicted octanol–water partition coefficient (Wildman–Crippen LogP) is -1.32. The molecule has 2 aliphatic rings. The lowest BCUT2D eigenvalue weighted by Crippen LogP contribution is -2.64. The second-order valence-corrected chi connectivity index (χ2v) is 9.28. The minimum atomic E-state index is -1.57. The monoisotopic (exact) mass is 608 g/mol. The Morgan fingerprint density at radius 2 is 0.857 bits per heavy atom. The number of aliphatic hydroxyl groups is 1. The van der Waals surface area contributed by atoms with Gasteiger partial charge >= 0.3 is 35.8 Å². The average molecular weight is 609 g/mol. The van der Waals surface area contributed by atoms with Crippen molar-refractivity contribution in [2.45, 2.75) is 103 Å². The van der Waals surface area contributed by atoms with Crippen LogP contribution in [-0.4, -0.2) is 123 Å². The Balaban J connectivity index is 2.45. The molecule has 0 unspecified atom stereocenters. The van der Waals surface area contributed by atoms with Gasteiger partial charge in [0.05, 0.1) is 13.2 Å². The van der Waals surface area contributed by atoms with Gasteiger partial charge in [-0.3, -0.25) is 28.8 Å². The number of ether oxygens (including phenoxy) is 10. The highest BCUT2D eigenvalue weighted by atomic mass is 16.8. The smallest absolute Gasteiger partial charge is 0.303 e. The summed E-state index contributed by atoms with van der Waals surface area (Å²) < 4.78 is 54.5. The maximum absolute atomic E-state index is 12.0. The van der Waals surface area contributed by atoms with Gasteiger partial charge in [0, 0.05) is 48.7 Å². The van der Waals surface area contributed by atoms with Crippen molar-refractivity contribution in [2.24, 2.45) is 0 Å². The summed E-state index contributed by atoms with van der Waals surface area (Å²) in [6.07, 6.45) is -14.0. The molecule has 1 N–H and O–H groups in total. The largest absolute Gasteiger partial charge is 0.456 e. The summed E-state index contributed by atoms with van der Waals surface area (Å²) in [6, 6.07) is 0. The molecule has 42 heavy (non-hydrogen) atoms. The minimum absolute atomic E-state index is 0.534. The van der Waals surface area contributed by atoms with E-state index < -0.39 is 110 Å². The molecular weight excluding hydrogens is 572 g/mol. The van der Waals surface area contributed by atoms with Crippen LogP contribution < -0.4 is 0 Å². The van der Waals surface area contributed by atoms with Gasteiger partial charge in [-0.2, -0.15) is 0 Å². The molecule has 0 radical (unpaired) electrons. The fourth-order valence-corrected chi connectivity index (χ4v) is 4.50. The third kappa shape index (κ3) is 9.59. The van der Waals surface area contributed by atoms with E-state index in [1.54, 1.807) is 0 Å². The van der Waals surface area contributed by atoms with Gasteiger partial charge in [0.25, 0.3) is 0 Å². The summed E-state index contributed by atoms with van der Waals surface area (Å²) in [7, 11) is 1.22. The van der Waals surface area contributed by atoms with Gasteiger partial charge in [0.15, 0.2) is 49.2 Å². The molecule has 17 nitrogen and oxygen atoms in total. The number of aliphatic hydroxyl groups excluding tert-OH is 1. The average Bonchev–Trinajstić information content (AvgIpc) is 2.86. The van der Waals surface area contributed by atoms with Gasteiger partial charge in [-0.05, 0) is 0 Å². The van der Waals surface area contributed by atoms with Crippen molar-refractivity contribution in [3.8, 4) is 0 Å². The van der Waals surface area contributed by atoms with Crippen molar-refractivity contribution >= 4 is 35.8 Å². The van der Waals surface area contributed by atoms with E-state index in [9.17, 15) is 33.9 Å². The van der Waals surface area contributed by atoms with Crippen molar-refractivity contribution < 1.29 is 81.2 Å². The summed E-state index contributed by atoms with van der Waals surface area (Å²) in [4.78, 5) is 71.4. The van der Waals surface area contributed by atoms with Gasteiger partial charge in [-0.25, -0.2) is 0 Å². The molecule has 2 rings (SSSR count). The van der Waals surface area contributed by atoms with E-state index in [0.717, 1.165) is 41.5 Å². The van der Waals surface area contributed by atoms with Crippen LogP contribution in [0.25, 0.3) is 0 Å². The zero-order valence-corrected chi connectivity index (χ0v) is 24.2. The number of rotatable bonds is 11. The molecule has 2 fully saturated rings. The van der Waals surface area contributed by atoms with E-state index in [4.69, 9.17) is 47.4 Å². The van der Waals surface area contributed by atoms with E-state index in [1.807, 2.05) is 0 Å². The molecule has 0 aromatic carbocycles. The van der Waals surface area contributed by atoms with Gasteiger partial charge < -0.3 is 52.5 Å². The summed E-state index contributed by atoms with van der Waals surface area (Å²) in [6.45, 7) is 5.20. The maximum Gasteiger partial charge on any atom is 0.303 e. The first-order valence-electron chi connectivity index (χ1n) is 12.8. The Kier molecular flexibility index (Phi) is 13.0. The number of carbonyl (C=O) groups excluding carboxylic acids is 6. The maximum atomic E-state index is 12.0. The summed E-state index contributed by atoms with van der Waals surface area (Å²) in [5, 5.41) is 9.95. The lowest BCUT2D eigenvalue weighted by atomic mass is 9.97. The molecule has 0 amide bonds. The number of hydrogen-bond acceptors (Lipinski definition) is 17. The van der Waals surface area contributed by atoms with Crippen LogP contribution in [0.3, 0.4) is 0 Å². The van der Waals surface area contributed by atoms with Crippen molar-refractivity contribution in [1.82, 2.24) is 0 Å². The lowest BCUT2D eigenvalue weighted by molar-refractivity contribution is -0.332. The molecule has 2 heterocycles. The fraction of sp³-hybridized carbons (Fsp3) is 0.760. The topological polar surface area (TPSA) is 215 Å². The van der Waals surface area contributed by atoms with Crippen LogP contribution >= 0.6 is 0 Å². The van der Waals surface area contributed by atoms with Crippen LogP contribution in [0.15, 0.2) is 0 Å². The van der Waals surface area contributed by atoms with Gasteiger partial charge in [-0.15, -0.1) is 0 Å². The molecule has 2 aliphatic heterocycles. The van der Waals surface area contributed by atoms with Crippen molar-refractivity contribution in [1.29, 1.82) is 0 Å². The molecule has 0 bridgehead atoms. The second-order valence-electron chi connectivity index (χ2n) is 9.28. The number of esters is 6. The van der Waals surface area contributed by atoms with E-state index in [1.165, 1.54) is 7.11 Å². The normalized spacial score (nSPS) is 32.6. The number of carbonyl (C=O) groups is 6. The third-order valence-corrected chi connectivity index (χ3v) is 5.83. The first kappa shape index (κ1) is 34.8. The SMILES string of the molecule is CO[C@@H]1O[C@H](CO[C@@H]2O[C@H](CO)[C@@H](OC(C)=O)[C@H](OC(C)=O)[C@H]2OC(C)=O)[C@@H](OC(C)=O)[C@H](OC(C)=O)[C@H]1OC(C)=O. The fourth-order valence-electron chi connectivity index (χ4n) is 4.50. The van der Waals surface area contributed by atoms with Crippen LogP contribution in [-0.2, 0) is 76.1 Å². The Bertz CT molecular complexity index is 919. The first-order valence-corrected chi connectivity index (χ1v) is 12.8. The van der Waals surface area contributed by atoms with Crippen LogP contribution in [0, 0.1) is 0 Å². The van der Waals surface area contributed by atoms with E-state index >= 15 is 0 Å². The predicted molar refractivity (Wildman–Crippen MR) is 131 cm³/mol. The van der Waals surface area contributed by atoms with E-state index in [0.29, 0.717) is 0 Å². The molecule has 0 aromatic rings. The summed E-state index contributed by atoms with van der Waals surface area (Å²) in [5.74, 6) is -4.86. The van der Waals surface area contributed by atoms with Crippen LogP contribution in [0.2, 0.25) is 0 Å². The van der Waals surface area contributed by atoms with Gasteiger partial charge in [0.1, 0.15) is 12.2 Å². The molecule has 0 aliphatic carbocycles. The quantitative estimate of drug-likeness (QED) is 0.213. The Morgan fingerprint density at radius 1 is 0.524 bits per heavy atom. The number of hydrogen-bond donors (Lipinski definition) is 1. The van der Waals surface area contributed by atoms with E-state index in [2.05, 4.69) is 0 Å². The van der Waals surface area contributed by atoms with Crippen molar-refractivity contribution in [2.75, 3.05) is 20.3 Å². The summed E-state index contributed by atoms with van der Waals surface area (Å²) >= 11 is 0. The molecular formula is C25H36O17. The first-order chi connectivity index (χ1) is 19.7. The van der Waals surface area contributed by atoms with Crippen LogP contribution in [0.4, 0.5) is 0 Å². The molecule has 17 heteroatoms. The molecule has 0 spiro atoms. The summed E-state index contributed by atoms with van der Waals surface area (Å²) in [5.41, 5.74) is 0. The Hall–Kier alpha value is -3.38. The van der Waals surface area contributed by atoms with Crippen LogP contribution in [0.1, 0.15) is 41.5 Å². The lowest BCUT2D eigenvalue weighted by Gasteiger charge is -2.46. The van der Waals surface area contributed by atoms with Crippen molar-refractivity contribution in [3.05, 3.63) is 0 Å². The molecule has 2 saturated heterocycles. The van der Waals surface area contributed by atoms with E-state index in [-0.39, 0.29) is 0 Å². The van der Waals surface area contributed by atoms with Crippen LogP contribution in [0.5, 0.6) is 0 Å².